The number of carbonyl (C=O) groups is 1. The van der Waals surface area contributed by atoms with Crippen LogP contribution in [0.15, 0.2) is 22.2 Å². The fourth-order valence-corrected chi connectivity index (χ4v) is 3.76. The minimum absolute atomic E-state index is 0. The Balaban J connectivity index is 0.00000256. The number of hydrogen-bond donors (Lipinski definition) is 2. The molecule has 0 aromatic carbocycles. The lowest BCUT2D eigenvalue weighted by molar-refractivity contribution is 0.0695. The van der Waals surface area contributed by atoms with Crippen molar-refractivity contribution in [3.05, 3.63) is 33.9 Å². The number of carboxylic acids is 1. The van der Waals surface area contributed by atoms with Gasteiger partial charge in [-0.25, -0.2) is 14.2 Å². The molecule has 9 nitrogen and oxygen atoms in total. The first kappa shape index (κ1) is 22.0. The Bertz CT molecular complexity index is 1100. The van der Waals surface area contributed by atoms with Gasteiger partial charge in [0, 0.05) is 30.7 Å². The summed E-state index contributed by atoms with van der Waals surface area (Å²) in [5, 5.41) is 13.3. The van der Waals surface area contributed by atoms with Crippen molar-refractivity contribution in [3.63, 3.8) is 0 Å². The predicted octanol–water partition coefficient (Wildman–Crippen LogP) is 1.78. The van der Waals surface area contributed by atoms with Gasteiger partial charge < -0.3 is 25.1 Å². The normalized spacial score (nSPS) is 22.4. The van der Waals surface area contributed by atoms with Crippen LogP contribution in [0.25, 0.3) is 11.0 Å². The highest BCUT2D eigenvalue weighted by Crippen LogP contribution is 2.38. The zero-order valence-corrected chi connectivity index (χ0v) is 17.4. The van der Waals surface area contributed by atoms with Crippen molar-refractivity contribution in [3.8, 4) is 0 Å². The molecule has 1 aliphatic carbocycles. The van der Waals surface area contributed by atoms with E-state index in [-0.39, 0.29) is 47.4 Å². The number of pyridine rings is 2. The highest BCUT2D eigenvalue weighted by molar-refractivity contribution is 5.97. The molecule has 1 saturated carbocycles. The van der Waals surface area contributed by atoms with Gasteiger partial charge in [-0.3, -0.25) is 4.79 Å². The largest absolute Gasteiger partial charge is 0.477 e. The topological polar surface area (TPSA) is 123 Å². The molecule has 2 aliphatic rings. The second kappa shape index (κ2) is 7.84. The van der Waals surface area contributed by atoms with Crippen molar-refractivity contribution in [2.24, 2.45) is 16.3 Å². The molecule has 0 unspecified atom stereocenters. The van der Waals surface area contributed by atoms with Crippen molar-refractivity contribution >= 4 is 40.9 Å². The van der Waals surface area contributed by atoms with Crippen molar-refractivity contribution in [2.45, 2.75) is 25.8 Å². The molecule has 4 rings (SSSR count). The van der Waals surface area contributed by atoms with Gasteiger partial charge in [0.05, 0.1) is 17.6 Å². The zero-order valence-electron chi connectivity index (χ0n) is 16.6. The molecule has 1 atom stereocenters. The Morgan fingerprint density at radius 1 is 1.50 bits per heavy atom. The second-order valence-corrected chi connectivity index (χ2v) is 7.82. The van der Waals surface area contributed by atoms with Crippen LogP contribution in [0.1, 0.15) is 36.2 Å². The van der Waals surface area contributed by atoms with Gasteiger partial charge in [-0.1, -0.05) is 12.1 Å². The first-order valence-electron chi connectivity index (χ1n) is 9.33. The molecule has 3 N–H and O–H groups in total. The predicted molar refractivity (Wildman–Crippen MR) is 112 cm³/mol. The SMILES string of the molecule is CO/N=C1\CN(c2nc3c(cc2F)c(=O)c(C(=O)O)cn3C2CC2)C[C@@]1(C)CN.Cl. The van der Waals surface area contributed by atoms with Gasteiger partial charge in [0.15, 0.2) is 11.6 Å². The lowest BCUT2D eigenvalue weighted by atomic mass is 9.88. The summed E-state index contributed by atoms with van der Waals surface area (Å²) in [6, 6.07) is 1.14. The molecule has 0 amide bonds. The Labute approximate surface area is 177 Å². The lowest BCUT2D eigenvalue weighted by Gasteiger charge is -2.23. The number of nitrogens with zero attached hydrogens (tertiary/aromatic N) is 4. The number of hydrogen-bond acceptors (Lipinski definition) is 7. The summed E-state index contributed by atoms with van der Waals surface area (Å²) in [5.41, 5.74) is 5.26. The molecule has 0 spiro atoms. The maximum Gasteiger partial charge on any atom is 0.341 e. The van der Waals surface area contributed by atoms with E-state index >= 15 is 0 Å². The third kappa shape index (κ3) is 3.50. The smallest absolute Gasteiger partial charge is 0.341 e. The number of fused-ring (bicyclic) bond motifs is 1. The van der Waals surface area contributed by atoms with E-state index in [0.717, 1.165) is 18.9 Å². The maximum absolute atomic E-state index is 15.0. The highest BCUT2D eigenvalue weighted by atomic mass is 35.5. The molecule has 0 radical (unpaired) electrons. The van der Waals surface area contributed by atoms with Crippen molar-refractivity contribution in [1.29, 1.82) is 0 Å². The average Bonchev–Trinajstić information content (AvgIpc) is 3.47. The average molecular weight is 440 g/mol. The van der Waals surface area contributed by atoms with Crippen LogP contribution >= 0.6 is 12.4 Å². The molecule has 3 heterocycles. The Kier molecular flexibility index (Phi) is 5.74. The summed E-state index contributed by atoms with van der Waals surface area (Å²) >= 11 is 0. The van der Waals surface area contributed by atoms with Gasteiger partial charge in [-0.15, -0.1) is 12.4 Å². The van der Waals surface area contributed by atoms with Crippen LogP contribution in [0.4, 0.5) is 10.2 Å². The fraction of sp³-hybridized carbons (Fsp3) is 0.474. The number of rotatable bonds is 5. The molecule has 2 aromatic heterocycles. The van der Waals surface area contributed by atoms with Gasteiger partial charge in [0.2, 0.25) is 5.43 Å². The highest BCUT2D eigenvalue weighted by Gasteiger charge is 2.41. The minimum Gasteiger partial charge on any atom is -0.477 e. The van der Waals surface area contributed by atoms with E-state index in [1.54, 1.807) is 9.47 Å². The fourth-order valence-electron chi connectivity index (χ4n) is 3.76. The Morgan fingerprint density at radius 2 is 2.20 bits per heavy atom. The summed E-state index contributed by atoms with van der Waals surface area (Å²) < 4.78 is 16.7. The third-order valence-corrected chi connectivity index (χ3v) is 5.64. The molecule has 1 aliphatic heterocycles. The van der Waals surface area contributed by atoms with Crippen molar-refractivity contribution in [2.75, 3.05) is 31.6 Å². The molecule has 2 aromatic rings. The number of oxime groups is 1. The van der Waals surface area contributed by atoms with Crippen LogP contribution in [0.5, 0.6) is 0 Å². The first-order valence-corrected chi connectivity index (χ1v) is 9.33. The molecule has 30 heavy (non-hydrogen) atoms. The van der Waals surface area contributed by atoms with E-state index in [0.29, 0.717) is 18.8 Å². The Morgan fingerprint density at radius 3 is 2.77 bits per heavy atom. The molecule has 2 fully saturated rings. The molecule has 11 heteroatoms. The number of aromatic carboxylic acids is 1. The van der Waals surface area contributed by atoms with Gasteiger partial charge in [0.25, 0.3) is 0 Å². The van der Waals surface area contributed by atoms with Crippen LogP contribution in [0.3, 0.4) is 0 Å². The zero-order chi connectivity index (χ0) is 20.9. The summed E-state index contributed by atoms with van der Waals surface area (Å²) in [5.74, 6) is -1.96. The summed E-state index contributed by atoms with van der Waals surface area (Å²) in [6.45, 7) is 2.90. The number of carboxylic acid groups (broad SMARTS) is 1. The van der Waals surface area contributed by atoms with E-state index in [2.05, 4.69) is 10.1 Å². The lowest BCUT2D eigenvalue weighted by Crippen LogP contribution is -2.36. The molecule has 1 saturated heterocycles. The van der Waals surface area contributed by atoms with Crippen LogP contribution in [0, 0.1) is 11.2 Å². The monoisotopic (exact) mass is 439 g/mol. The quantitative estimate of drug-likeness (QED) is 0.680. The van der Waals surface area contributed by atoms with Gasteiger partial charge >= 0.3 is 5.97 Å². The third-order valence-electron chi connectivity index (χ3n) is 5.64. The number of anilines is 1. The number of aromatic nitrogens is 2. The van der Waals surface area contributed by atoms with Gasteiger partial charge in [-0.2, -0.15) is 0 Å². The van der Waals surface area contributed by atoms with E-state index in [4.69, 9.17) is 10.6 Å². The van der Waals surface area contributed by atoms with Crippen LogP contribution in [-0.4, -0.2) is 53.1 Å². The first-order chi connectivity index (χ1) is 13.8. The van der Waals surface area contributed by atoms with Gasteiger partial charge in [0.1, 0.15) is 18.3 Å². The van der Waals surface area contributed by atoms with Crippen LogP contribution < -0.4 is 16.1 Å². The van der Waals surface area contributed by atoms with Gasteiger partial charge in [-0.05, 0) is 18.9 Å². The van der Waals surface area contributed by atoms with Crippen LogP contribution in [-0.2, 0) is 4.84 Å². The summed E-state index contributed by atoms with van der Waals surface area (Å²) in [4.78, 5) is 35.1. The number of nitrogens with two attached hydrogens (primary N) is 1. The van der Waals surface area contributed by atoms with E-state index in [1.807, 2.05) is 6.92 Å². The Hall–Kier alpha value is -2.72. The van der Waals surface area contributed by atoms with E-state index in [9.17, 15) is 19.1 Å². The standard InChI is InChI=1S/C19H22FN5O4.ClH/c1-19(8-21)9-24(7-14(19)23-29-2)17-13(20)5-11-15(26)12(18(27)28)6-25(10-3-4-10)16(11)22-17;/h5-6,10H,3-4,7-9,21H2,1-2H3,(H,27,28);1H/b23-14+;/t19-;/m1./s1. The van der Waals surface area contributed by atoms with E-state index in [1.165, 1.54) is 13.3 Å². The summed E-state index contributed by atoms with van der Waals surface area (Å²) in [7, 11) is 1.44. The van der Waals surface area contributed by atoms with E-state index < -0.39 is 22.6 Å². The molecule has 162 valence electrons. The van der Waals surface area contributed by atoms with Crippen molar-refractivity contribution < 1.29 is 19.1 Å². The minimum atomic E-state index is -1.34. The maximum atomic E-state index is 15.0. The molecular formula is C19H23ClFN5O4. The van der Waals surface area contributed by atoms with Crippen LogP contribution in [0.2, 0.25) is 0 Å². The molecular weight excluding hydrogens is 417 g/mol. The van der Waals surface area contributed by atoms with Crippen molar-refractivity contribution in [1.82, 2.24) is 9.55 Å². The second-order valence-electron chi connectivity index (χ2n) is 7.82. The summed E-state index contributed by atoms with van der Waals surface area (Å²) in [6.07, 6.45) is 3.02. The molecule has 0 bridgehead atoms. The number of halogens is 2.